The summed E-state index contributed by atoms with van der Waals surface area (Å²) in [4.78, 5) is 20.9. The van der Waals surface area contributed by atoms with Crippen LogP contribution in [0.2, 0.25) is 0 Å². The maximum Gasteiger partial charge on any atom is 0.196 e. The molecule has 28 heavy (non-hydrogen) atoms. The highest BCUT2D eigenvalue weighted by Gasteiger charge is 2.19. The maximum atomic E-state index is 11.6. The highest BCUT2D eigenvalue weighted by molar-refractivity contribution is 7.98. The van der Waals surface area contributed by atoms with Crippen LogP contribution in [0.15, 0.2) is 59.0 Å². The van der Waals surface area contributed by atoms with Crippen LogP contribution in [0, 0.1) is 0 Å². The molecule has 0 fully saturated rings. The minimum absolute atomic E-state index is 0.357. The fraction of sp³-hybridized carbons (Fsp3) is 0.190. The number of nitrogens with zero attached hydrogens (tertiary/aromatic N) is 2. The van der Waals surface area contributed by atoms with Gasteiger partial charge >= 0.3 is 0 Å². The summed E-state index contributed by atoms with van der Waals surface area (Å²) in [5.41, 5.74) is 2.60. The molecule has 0 unspecified atom stereocenters. The summed E-state index contributed by atoms with van der Waals surface area (Å²) < 4.78 is 5.95. The summed E-state index contributed by atoms with van der Waals surface area (Å²) >= 11 is 1.58. The van der Waals surface area contributed by atoms with Gasteiger partial charge in [0.15, 0.2) is 17.2 Å². The molecule has 142 valence electrons. The molecular weight excluding hydrogens is 374 g/mol. The van der Waals surface area contributed by atoms with Crippen molar-refractivity contribution in [3.63, 3.8) is 0 Å². The van der Waals surface area contributed by atoms with Crippen molar-refractivity contribution in [3.05, 3.63) is 54.6 Å². The summed E-state index contributed by atoms with van der Waals surface area (Å²) in [5, 5.41) is 15.5. The first kappa shape index (κ1) is 18.3. The Morgan fingerprint density at radius 3 is 2.64 bits per heavy atom. The zero-order valence-corrected chi connectivity index (χ0v) is 16.0. The number of hydrogen-bond donors (Lipinski definition) is 1. The largest absolute Gasteiger partial charge is 0.548 e. The van der Waals surface area contributed by atoms with E-state index in [1.165, 1.54) is 0 Å². The second kappa shape index (κ2) is 7.90. The molecule has 0 saturated heterocycles. The Hall–Kier alpha value is -3.06. The van der Waals surface area contributed by atoms with Crippen molar-refractivity contribution in [3.8, 4) is 11.4 Å². The molecule has 1 atom stereocenters. The Bertz CT molecular complexity index is 1130. The Balaban J connectivity index is 1.88. The number of rotatable bonds is 7. The Labute approximate surface area is 166 Å². The number of fused-ring (bicyclic) bond motifs is 3. The molecule has 2 aromatic carbocycles. The number of hydrogen-bond acceptors (Lipinski definition) is 7. The molecule has 0 aliphatic heterocycles. The molecule has 2 heterocycles. The molecule has 0 radical (unpaired) electrons. The lowest BCUT2D eigenvalue weighted by Crippen LogP contribution is -2.41. The number of thioether (sulfide) groups is 1. The molecule has 1 N–H and O–H groups in total. The van der Waals surface area contributed by atoms with Gasteiger partial charge in [0.2, 0.25) is 0 Å². The number of anilines is 1. The van der Waals surface area contributed by atoms with E-state index in [1.807, 2.05) is 60.9 Å². The number of carboxylic acid groups (broad SMARTS) is 1. The average molecular weight is 392 g/mol. The lowest BCUT2D eigenvalue weighted by molar-refractivity contribution is -0.306. The van der Waals surface area contributed by atoms with Gasteiger partial charge in [0.25, 0.3) is 0 Å². The van der Waals surface area contributed by atoms with Crippen molar-refractivity contribution in [1.82, 2.24) is 9.97 Å². The predicted molar refractivity (Wildman–Crippen MR) is 110 cm³/mol. The SMILES string of the molecule is CSCC[C@H](Nc1nc(-c2ccccc2)nc2c1oc1ccccc12)C(=O)[O-]. The zero-order valence-electron chi connectivity index (χ0n) is 15.2. The van der Waals surface area contributed by atoms with Gasteiger partial charge in [-0.05, 0) is 30.6 Å². The van der Waals surface area contributed by atoms with E-state index in [0.29, 0.717) is 40.5 Å². The number of carboxylic acids is 1. The molecular formula is C21H18N3O3S-. The molecule has 0 bridgehead atoms. The second-order valence-electron chi connectivity index (χ2n) is 6.34. The number of carbonyl (C=O) groups excluding carboxylic acids is 1. The van der Waals surface area contributed by atoms with E-state index in [-0.39, 0.29) is 0 Å². The standard InChI is InChI=1S/C21H19N3O3S/c1-28-12-11-15(21(25)26)22-20-18-17(14-9-5-6-10-16(14)27-18)23-19(24-20)13-7-3-2-4-8-13/h2-10,15H,11-12H2,1H3,(H,25,26)(H,22,23,24)/p-1/t15-/m0/s1. The van der Waals surface area contributed by atoms with Gasteiger partial charge in [-0.3, -0.25) is 0 Å². The smallest absolute Gasteiger partial charge is 0.196 e. The van der Waals surface area contributed by atoms with Gasteiger partial charge in [-0.2, -0.15) is 11.8 Å². The zero-order chi connectivity index (χ0) is 19.5. The molecule has 2 aromatic heterocycles. The van der Waals surface area contributed by atoms with Crippen molar-refractivity contribution in [2.24, 2.45) is 0 Å². The first-order chi connectivity index (χ1) is 13.7. The fourth-order valence-corrected chi connectivity index (χ4v) is 3.53. The lowest BCUT2D eigenvalue weighted by Gasteiger charge is -2.20. The number of furan rings is 1. The van der Waals surface area contributed by atoms with Crippen LogP contribution in [0.5, 0.6) is 0 Å². The van der Waals surface area contributed by atoms with E-state index in [9.17, 15) is 9.90 Å². The second-order valence-corrected chi connectivity index (χ2v) is 7.32. The molecule has 6 nitrogen and oxygen atoms in total. The van der Waals surface area contributed by atoms with Crippen molar-refractivity contribution in [1.29, 1.82) is 0 Å². The predicted octanol–water partition coefficient (Wildman–Crippen LogP) is 3.33. The van der Waals surface area contributed by atoms with Crippen LogP contribution in [-0.2, 0) is 4.79 Å². The number of benzene rings is 2. The number of para-hydroxylation sites is 1. The molecule has 4 aromatic rings. The van der Waals surface area contributed by atoms with E-state index in [2.05, 4.69) is 10.3 Å². The van der Waals surface area contributed by atoms with Crippen LogP contribution in [0.3, 0.4) is 0 Å². The highest BCUT2D eigenvalue weighted by atomic mass is 32.2. The van der Waals surface area contributed by atoms with Crippen molar-refractivity contribution in [2.75, 3.05) is 17.3 Å². The fourth-order valence-electron chi connectivity index (χ4n) is 3.05. The van der Waals surface area contributed by atoms with Crippen LogP contribution >= 0.6 is 11.8 Å². The molecule has 0 spiro atoms. The number of aliphatic carboxylic acids is 1. The molecule has 0 saturated carbocycles. The minimum Gasteiger partial charge on any atom is -0.548 e. The van der Waals surface area contributed by atoms with Crippen LogP contribution in [0.1, 0.15) is 6.42 Å². The molecule has 0 amide bonds. The van der Waals surface area contributed by atoms with Gasteiger partial charge < -0.3 is 19.6 Å². The quantitative estimate of drug-likeness (QED) is 0.516. The molecule has 7 heteroatoms. The van der Waals surface area contributed by atoms with Crippen molar-refractivity contribution < 1.29 is 14.3 Å². The van der Waals surface area contributed by atoms with Gasteiger partial charge in [0, 0.05) is 10.9 Å². The summed E-state index contributed by atoms with van der Waals surface area (Å²) in [5.74, 6) is 0.378. The van der Waals surface area contributed by atoms with E-state index in [4.69, 9.17) is 9.40 Å². The topological polar surface area (TPSA) is 91.1 Å². The maximum absolute atomic E-state index is 11.6. The molecule has 0 aliphatic rings. The summed E-state index contributed by atoms with van der Waals surface area (Å²) in [6, 6.07) is 16.3. The van der Waals surface area contributed by atoms with Crippen LogP contribution < -0.4 is 10.4 Å². The van der Waals surface area contributed by atoms with Crippen LogP contribution in [0.25, 0.3) is 33.5 Å². The first-order valence-corrected chi connectivity index (χ1v) is 10.3. The number of carbonyl (C=O) groups is 1. The summed E-state index contributed by atoms with van der Waals surface area (Å²) in [6.45, 7) is 0. The van der Waals surface area contributed by atoms with E-state index in [0.717, 1.165) is 10.9 Å². The van der Waals surface area contributed by atoms with Gasteiger partial charge in [0.05, 0.1) is 12.0 Å². The van der Waals surface area contributed by atoms with Crippen molar-refractivity contribution >= 4 is 45.6 Å². The minimum atomic E-state index is -1.17. The van der Waals surface area contributed by atoms with E-state index < -0.39 is 12.0 Å². The first-order valence-electron chi connectivity index (χ1n) is 8.88. The lowest BCUT2D eigenvalue weighted by atomic mass is 10.2. The van der Waals surface area contributed by atoms with Gasteiger partial charge in [-0.1, -0.05) is 42.5 Å². The van der Waals surface area contributed by atoms with Crippen molar-refractivity contribution in [2.45, 2.75) is 12.5 Å². The average Bonchev–Trinajstić information content (AvgIpc) is 3.10. The summed E-state index contributed by atoms with van der Waals surface area (Å²) in [7, 11) is 0. The number of nitrogens with one attached hydrogen (secondary N) is 1. The molecule has 4 rings (SSSR count). The van der Waals surface area contributed by atoms with Gasteiger partial charge in [0.1, 0.15) is 11.1 Å². The van der Waals surface area contributed by atoms with E-state index in [1.54, 1.807) is 11.8 Å². The van der Waals surface area contributed by atoms with Crippen LogP contribution in [-0.4, -0.2) is 34.0 Å². The van der Waals surface area contributed by atoms with E-state index >= 15 is 0 Å². The third-order valence-corrected chi connectivity index (χ3v) is 5.10. The summed E-state index contributed by atoms with van der Waals surface area (Å²) in [6.07, 6.45) is 2.35. The third-order valence-electron chi connectivity index (χ3n) is 4.46. The Morgan fingerprint density at radius 1 is 1.14 bits per heavy atom. The Morgan fingerprint density at radius 2 is 1.89 bits per heavy atom. The monoisotopic (exact) mass is 392 g/mol. The van der Waals surface area contributed by atoms with Gasteiger partial charge in [-0.15, -0.1) is 0 Å². The Kier molecular flexibility index (Phi) is 5.16. The highest BCUT2D eigenvalue weighted by Crippen LogP contribution is 2.33. The van der Waals surface area contributed by atoms with Gasteiger partial charge in [-0.25, -0.2) is 9.97 Å². The third kappa shape index (κ3) is 3.53. The molecule has 0 aliphatic carbocycles. The number of aromatic nitrogens is 2. The normalized spacial score (nSPS) is 12.3. The van der Waals surface area contributed by atoms with Crippen LogP contribution in [0.4, 0.5) is 5.82 Å².